The Morgan fingerprint density at radius 2 is 2.30 bits per heavy atom. The van der Waals surface area contributed by atoms with Gasteiger partial charge in [0.2, 0.25) is 0 Å². The quantitative estimate of drug-likeness (QED) is 0.463. The second kappa shape index (κ2) is 3.56. The molecular weight excluding hydrogens is 132 g/mol. The molecule has 0 bridgehead atoms. The number of ether oxygens (including phenoxy) is 1. The van der Waals surface area contributed by atoms with Crippen molar-refractivity contribution in [2.45, 2.75) is 31.8 Å². The number of aliphatic carboxylic acids is 1. The highest BCUT2D eigenvalue weighted by Gasteiger charge is 2.20. The number of carboxylic acid groups (broad SMARTS) is 1. The highest BCUT2D eigenvalue weighted by Crippen LogP contribution is 2.16. The summed E-state index contributed by atoms with van der Waals surface area (Å²) in [5.74, 6) is -0.697. The van der Waals surface area contributed by atoms with Crippen molar-refractivity contribution in [2.75, 3.05) is 6.61 Å². The number of carboxylic acids is 1. The first-order chi connectivity index (χ1) is 4.79. The Bertz CT molecular complexity index is 118. The van der Waals surface area contributed by atoms with Gasteiger partial charge in [-0.1, -0.05) is 6.42 Å². The summed E-state index contributed by atoms with van der Waals surface area (Å²) >= 11 is 0. The van der Waals surface area contributed by atoms with Crippen LogP contribution in [0.1, 0.15) is 25.7 Å². The average molecular weight is 144 g/mol. The highest BCUT2D eigenvalue weighted by molar-refractivity contribution is 5.66. The van der Waals surface area contributed by atoms with Gasteiger partial charge in [0.15, 0.2) is 0 Å². The largest absolute Gasteiger partial charge is 0.481 e. The lowest BCUT2D eigenvalue weighted by Crippen LogP contribution is -1.94. The molecule has 0 aromatic carbocycles. The van der Waals surface area contributed by atoms with Crippen molar-refractivity contribution >= 4 is 5.97 Å². The van der Waals surface area contributed by atoms with Crippen LogP contribution in [0.4, 0.5) is 0 Å². The van der Waals surface area contributed by atoms with Crippen LogP contribution in [0.15, 0.2) is 0 Å². The minimum absolute atomic E-state index is 0.298. The molecule has 3 nitrogen and oxygen atoms in total. The summed E-state index contributed by atoms with van der Waals surface area (Å²) in [4.78, 5) is 10.0. The molecule has 1 aliphatic heterocycles. The van der Waals surface area contributed by atoms with Gasteiger partial charge >= 0.3 is 5.97 Å². The van der Waals surface area contributed by atoms with Crippen molar-refractivity contribution in [1.82, 2.24) is 0 Å². The highest BCUT2D eigenvalue weighted by atomic mass is 16.6. The predicted molar refractivity (Wildman–Crippen MR) is 35.8 cm³/mol. The fourth-order valence-electron chi connectivity index (χ4n) is 0.883. The smallest absolute Gasteiger partial charge is 0.303 e. The van der Waals surface area contributed by atoms with E-state index in [4.69, 9.17) is 9.84 Å². The molecule has 1 N–H and O–H groups in total. The summed E-state index contributed by atoms with van der Waals surface area (Å²) in [5.41, 5.74) is 0. The van der Waals surface area contributed by atoms with E-state index in [2.05, 4.69) is 0 Å². The van der Waals surface area contributed by atoms with Gasteiger partial charge in [0.05, 0.1) is 12.7 Å². The summed E-state index contributed by atoms with van der Waals surface area (Å²) in [5, 5.41) is 8.26. The first-order valence-corrected chi connectivity index (χ1v) is 3.62. The molecule has 0 aromatic rings. The third-order valence-corrected chi connectivity index (χ3v) is 1.57. The van der Waals surface area contributed by atoms with Gasteiger partial charge in [0, 0.05) is 6.42 Å². The molecule has 1 fully saturated rings. The van der Waals surface area contributed by atoms with Crippen LogP contribution in [0.25, 0.3) is 0 Å². The van der Waals surface area contributed by atoms with Crippen LogP contribution in [0, 0.1) is 0 Å². The van der Waals surface area contributed by atoms with Crippen LogP contribution >= 0.6 is 0 Å². The second-order valence-electron chi connectivity index (χ2n) is 2.59. The zero-order valence-corrected chi connectivity index (χ0v) is 5.88. The van der Waals surface area contributed by atoms with E-state index in [0.717, 1.165) is 25.9 Å². The number of epoxide rings is 1. The molecule has 0 spiro atoms. The van der Waals surface area contributed by atoms with Gasteiger partial charge in [-0.3, -0.25) is 4.79 Å². The Labute approximate surface area is 60.0 Å². The van der Waals surface area contributed by atoms with Crippen LogP contribution in [0.5, 0.6) is 0 Å². The second-order valence-corrected chi connectivity index (χ2v) is 2.59. The van der Waals surface area contributed by atoms with E-state index in [9.17, 15) is 4.79 Å². The van der Waals surface area contributed by atoms with E-state index in [1.807, 2.05) is 0 Å². The van der Waals surface area contributed by atoms with E-state index in [1.54, 1.807) is 0 Å². The maximum atomic E-state index is 10.0. The minimum atomic E-state index is -0.697. The minimum Gasteiger partial charge on any atom is -0.481 e. The summed E-state index contributed by atoms with van der Waals surface area (Å²) in [6.07, 6.45) is 3.56. The standard InChI is InChI=1S/C7H12O3/c8-7(9)4-2-1-3-6-5-10-6/h6H,1-5H2,(H,8,9). The molecule has 0 radical (unpaired) electrons. The Morgan fingerprint density at radius 3 is 2.80 bits per heavy atom. The van der Waals surface area contributed by atoms with Gasteiger partial charge in [-0.15, -0.1) is 0 Å². The van der Waals surface area contributed by atoms with Crippen LogP contribution in [-0.4, -0.2) is 23.8 Å². The van der Waals surface area contributed by atoms with Crippen molar-refractivity contribution in [2.24, 2.45) is 0 Å². The van der Waals surface area contributed by atoms with Crippen LogP contribution in [0.3, 0.4) is 0 Å². The van der Waals surface area contributed by atoms with Gasteiger partial charge in [-0.2, -0.15) is 0 Å². The molecule has 10 heavy (non-hydrogen) atoms. The molecule has 58 valence electrons. The molecule has 0 aromatic heterocycles. The van der Waals surface area contributed by atoms with Crippen LogP contribution < -0.4 is 0 Å². The average Bonchev–Trinajstić information content (AvgIpc) is 2.62. The van der Waals surface area contributed by atoms with E-state index < -0.39 is 5.97 Å². The van der Waals surface area contributed by atoms with Gasteiger partial charge in [-0.25, -0.2) is 0 Å². The number of carbonyl (C=O) groups is 1. The zero-order valence-electron chi connectivity index (χ0n) is 5.88. The SMILES string of the molecule is O=C(O)CCCCC1CO1. The maximum Gasteiger partial charge on any atom is 0.303 e. The molecular formula is C7H12O3. The fraction of sp³-hybridized carbons (Fsp3) is 0.857. The predicted octanol–water partition coefficient (Wildman–Crippen LogP) is 1.03. The lowest BCUT2D eigenvalue weighted by molar-refractivity contribution is -0.137. The molecule has 1 heterocycles. The molecule has 3 heteroatoms. The van der Waals surface area contributed by atoms with Crippen molar-refractivity contribution in [3.05, 3.63) is 0 Å². The first kappa shape index (κ1) is 7.54. The van der Waals surface area contributed by atoms with Crippen molar-refractivity contribution in [3.63, 3.8) is 0 Å². The number of hydrogen-bond acceptors (Lipinski definition) is 2. The lowest BCUT2D eigenvalue weighted by atomic mass is 10.1. The maximum absolute atomic E-state index is 10.0. The summed E-state index contributed by atoms with van der Waals surface area (Å²) in [7, 11) is 0. The zero-order chi connectivity index (χ0) is 7.40. The fourth-order valence-corrected chi connectivity index (χ4v) is 0.883. The lowest BCUT2D eigenvalue weighted by Gasteiger charge is -1.92. The first-order valence-electron chi connectivity index (χ1n) is 3.62. The molecule has 1 atom stereocenters. The molecule has 1 aliphatic rings. The normalized spacial score (nSPS) is 22.6. The number of unbranched alkanes of at least 4 members (excludes halogenated alkanes) is 1. The molecule has 0 aliphatic carbocycles. The molecule has 1 saturated heterocycles. The van der Waals surface area contributed by atoms with E-state index >= 15 is 0 Å². The Kier molecular flexibility index (Phi) is 2.68. The molecule has 1 rings (SSSR count). The van der Waals surface area contributed by atoms with Crippen LogP contribution in [0.2, 0.25) is 0 Å². The topological polar surface area (TPSA) is 49.8 Å². The van der Waals surface area contributed by atoms with Crippen LogP contribution in [-0.2, 0) is 9.53 Å². The van der Waals surface area contributed by atoms with Crippen molar-refractivity contribution < 1.29 is 14.6 Å². The monoisotopic (exact) mass is 144 g/mol. The molecule has 0 saturated carbocycles. The van der Waals surface area contributed by atoms with Gasteiger partial charge in [0.1, 0.15) is 0 Å². The summed E-state index contributed by atoms with van der Waals surface area (Å²) in [6.45, 7) is 0.882. The molecule has 1 unspecified atom stereocenters. The Morgan fingerprint density at radius 1 is 1.60 bits per heavy atom. The van der Waals surface area contributed by atoms with E-state index in [1.165, 1.54) is 0 Å². The number of hydrogen-bond donors (Lipinski definition) is 1. The Balaban J connectivity index is 1.80. The van der Waals surface area contributed by atoms with Gasteiger partial charge in [0.25, 0.3) is 0 Å². The number of rotatable bonds is 5. The van der Waals surface area contributed by atoms with Crippen molar-refractivity contribution in [3.8, 4) is 0 Å². The third kappa shape index (κ3) is 3.45. The van der Waals surface area contributed by atoms with E-state index in [-0.39, 0.29) is 0 Å². The van der Waals surface area contributed by atoms with Gasteiger partial charge < -0.3 is 9.84 Å². The van der Waals surface area contributed by atoms with Gasteiger partial charge in [-0.05, 0) is 12.8 Å². The third-order valence-electron chi connectivity index (χ3n) is 1.57. The Hall–Kier alpha value is -0.570. The van der Waals surface area contributed by atoms with Crippen molar-refractivity contribution in [1.29, 1.82) is 0 Å². The summed E-state index contributed by atoms with van der Waals surface area (Å²) < 4.78 is 4.97. The van der Waals surface area contributed by atoms with E-state index in [0.29, 0.717) is 12.5 Å². The summed E-state index contributed by atoms with van der Waals surface area (Å²) in [6, 6.07) is 0. The molecule has 0 amide bonds.